The van der Waals surface area contributed by atoms with Crippen molar-refractivity contribution in [2.24, 2.45) is 11.7 Å². The van der Waals surface area contributed by atoms with Crippen molar-refractivity contribution in [1.82, 2.24) is 25.9 Å². The lowest BCUT2D eigenvalue weighted by molar-refractivity contribution is -0.143. The summed E-state index contributed by atoms with van der Waals surface area (Å²) in [4.78, 5) is 66.3. The molecule has 9 N–H and O–H groups in total. The molecule has 14 nitrogen and oxygen atoms in total. The monoisotopic (exact) mass is 470 g/mol. The van der Waals surface area contributed by atoms with Crippen LogP contribution in [0.4, 0.5) is 0 Å². The van der Waals surface area contributed by atoms with Crippen molar-refractivity contribution in [3.05, 3.63) is 18.2 Å². The Hall–Kier alpha value is -3.52. The Balaban J connectivity index is 2.96. The number of aliphatic carboxylic acids is 2. The van der Waals surface area contributed by atoms with E-state index in [9.17, 15) is 24.0 Å². The number of aromatic amines is 1. The number of rotatable bonds is 14. The van der Waals surface area contributed by atoms with Gasteiger partial charge in [-0.15, -0.1) is 0 Å². The summed E-state index contributed by atoms with van der Waals surface area (Å²) in [5.74, 6) is -5.34. The van der Waals surface area contributed by atoms with Gasteiger partial charge in [-0.2, -0.15) is 0 Å². The minimum absolute atomic E-state index is 0.0772. The number of nitrogens with zero attached hydrogens (tertiary/aromatic N) is 1. The molecule has 1 rings (SSSR count). The molecular weight excluding hydrogens is 440 g/mol. The maximum Gasteiger partial charge on any atom is 0.328 e. The fourth-order valence-corrected chi connectivity index (χ4v) is 2.75. The summed E-state index contributed by atoms with van der Waals surface area (Å²) < 4.78 is 0. The van der Waals surface area contributed by atoms with Gasteiger partial charge < -0.3 is 42.0 Å². The van der Waals surface area contributed by atoms with Gasteiger partial charge in [-0.3, -0.25) is 19.2 Å². The molecule has 4 atom stereocenters. The molecule has 3 amide bonds. The van der Waals surface area contributed by atoms with Crippen molar-refractivity contribution in [2.75, 3.05) is 6.61 Å². The van der Waals surface area contributed by atoms with Crippen LogP contribution in [0.1, 0.15) is 32.4 Å². The summed E-state index contributed by atoms with van der Waals surface area (Å²) in [7, 11) is 0. The van der Waals surface area contributed by atoms with Crippen molar-refractivity contribution in [2.45, 2.75) is 57.3 Å². The number of aliphatic hydroxyl groups is 1. The second kappa shape index (κ2) is 13.1. The first kappa shape index (κ1) is 27.5. The fraction of sp³-hybridized carbons (Fsp3) is 0.579. The highest BCUT2D eigenvalue weighted by Crippen LogP contribution is 2.07. The number of carboxylic acid groups (broad SMARTS) is 2. The number of nitrogens with two attached hydrogens (primary N) is 1. The zero-order valence-electron chi connectivity index (χ0n) is 18.3. The average Bonchev–Trinajstić information content (AvgIpc) is 3.25. The second-order valence-electron chi connectivity index (χ2n) is 7.69. The number of carbonyl (C=O) groups excluding carboxylic acids is 3. The first-order chi connectivity index (χ1) is 15.5. The molecule has 0 bridgehead atoms. The van der Waals surface area contributed by atoms with Crippen molar-refractivity contribution < 1.29 is 39.3 Å². The third-order valence-corrected chi connectivity index (χ3v) is 4.66. The Morgan fingerprint density at radius 3 is 2.15 bits per heavy atom. The van der Waals surface area contributed by atoms with Gasteiger partial charge in [0.25, 0.3) is 0 Å². The number of hydrogen-bond donors (Lipinski definition) is 8. The molecule has 0 spiro atoms. The number of nitrogens with one attached hydrogen (secondary N) is 4. The first-order valence-electron chi connectivity index (χ1n) is 10.2. The van der Waals surface area contributed by atoms with Crippen LogP contribution in [-0.4, -0.2) is 85.7 Å². The Kier molecular flexibility index (Phi) is 10.9. The van der Waals surface area contributed by atoms with Crippen LogP contribution >= 0.6 is 0 Å². The maximum absolute atomic E-state index is 12.9. The van der Waals surface area contributed by atoms with E-state index in [1.807, 2.05) is 0 Å². The van der Waals surface area contributed by atoms with Gasteiger partial charge in [0.1, 0.15) is 18.1 Å². The number of hydrogen-bond acceptors (Lipinski definition) is 8. The lowest BCUT2D eigenvalue weighted by atomic mass is 10.0. The minimum atomic E-state index is -1.58. The van der Waals surface area contributed by atoms with Gasteiger partial charge in [0.2, 0.25) is 17.7 Å². The Morgan fingerprint density at radius 2 is 1.67 bits per heavy atom. The van der Waals surface area contributed by atoms with Crippen molar-refractivity contribution in [3.8, 4) is 0 Å². The van der Waals surface area contributed by atoms with E-state index in [1.54, 1.807) is 13.8 Å². The van der Waals surface area contributed by atoms with E-state index in [0.717, 1.165) is 0 Å². The highest BCUT2D eigenvalue weighted by atomic mass is 16.4. The van der Waals surface area contributed by atoms with Crippen LogP contribution in [0.2, 0.25) is 0 Å². The van der Waals surface area contributed by atoms with Gasteiger partial charge >= 0.3 is 11.9 Å². The number of carboxylic acids is 2. The molecule has 0 fully saturated rings. The highest BCUT2D eigenvalue weighted by Gasteiger charge is 2.32. The summed E-state index contributed by atoms with van der Waals surface area (Å²) in [5, 5.41) is 34.0. The Labute approximate surface area is 189 Å². The third-order valence-electron chi connectivity index (χ3n) is 4.66. The summed E-state index contributed by atoms with van der Waals surface area (Å²) in [6.07, 6.45) is 2.24. The van der Waals surface area contributed by atoms with E-state index in [-0.39, 0.29) is 19.3 Å². The SMILES string of the molecule is CC(C)C(NC(=O)C(N)CCC(=O)O)C(=O)NC(Cc1cnc[nH]1)C(=O)NC(CO)C(=O)O. The van der Waals surface area contributed by atoms with E-state index >= 15 is 0 Å². The predicted molar refractivity (Wildman–Crippen MR) is 112 cm³/mol. The minimum Gasteiger partial charge on any atom is -0.481 e. The molecule has 1 heterocycles. The quantitative estimate of drug-likeness (QED) is 0.140. The molecule has 0 aliphatic heterocycles. The van der Waals surface area contributed by atoms with Crippen LogP contribution in [0.15, 0.2) is 12.5 Å². The largest absolute Gasteiger partial charge is 0.481 e. The number of aromatic nitrogens is 2. The Morgan fingerprint density at radius 1 is 1.03 bits per heavy atom. The van der Waals surface area contributed by atoms with E-state index in [1.165, 1.54) is 12.5 Å². The van der Waals surface area contributed by atoms with Gasteiger partial charge in [-0.05, 0) is 12.3 Å². The first-order valence-corrected chi connectivity index (χ1v) is 10.2. The average molecular weight is 470 g/mol. The number of imidazole rings is 1. The predicted octanol–water partition coefficient (Wildman–Crippen LogP) is -2.67. The molecule has 0 saturated heterocycles. The van der Waals surface area contributed by atoms with Crippen molar-refractivity contribution >= 4 is 29.7 Å². The number of H-pyrrole nitrogens is 1. The van der Waals surface area contributed by atoms with Crippen LogP contribution < -0.4 is 21.7 Å². The van der Waals surface area contributed by atoms with Crippen LogP contribution in [0.3, 0.4) is 0 Å². The van der Waals surface area contributed by atoms with Gasteiger partial charge in [0.15, 0.2) is 0 Å². The third kappa shape index (κ3) is 9.24. The molecule has 14 heteroatoms. The number of carbonyl (C=O) groups is 5. The van der Waals surface area contributed by atoms with E-state index in [4.69, 9.17) is 21.1 Å². The van der Waals surface area contributed by atoms with Gasteiger partial charge in [-0.1, -0.05) is 13.8 Å². The molecule has 0 aromatic carbocycles. The molecule has 0 saturated carbocycles. The smallest absolute Gasteiger partial charge is 0.328 e. The van der Waals surface area contributed by atoms with Gasteiger partial charge in [-0.25, -0.2) is 9.78 Å². The summed E-state index contributed by atoms with van der Waals surface area (Å²) in [6, 6.07) is -5.10. The molecule has 184 valence electrons. The normalized spacial score (nSPS) is 14.6. The number of aliphatic hydroxyl groups excluding tert-OH is 1. The number of amides is 3. The lowest BCUT2D eigenvalue weighted by Crippen LogP contribution is -2.59. The Bertz CT molecular complexity index is 828. The van der Waals surface area contributed by atoms with Crippen molar-refractivity contribution in [3.63, 3.8) is 0 Å². The summed E-state index contributed by atoms with van der Waals surface area (Å²) in [5.41, 5.74) is 6.16. The molecule has 4 unspecified atom stereocenters. The standard InChI is InChI=1S/C19H30N6O8/c1-9(2)15(25-16(29)11(20)3-4-14(27)28)18(31)23-12(5-10-6-21-8-22-10)17(30)24-13(7-26)19(32)33/h6,8-9,11-13,15,26H,3-5,7,20H2,1-2H3,(H,21,22)(H,23,31)(H,24,30)(H,25,29)(H,27,28)(H,32,33). The molecule has 1 aromatic heterocycles. The lowest BCUT2D eigenvalue weighted by Gasteiger charge is -2.26. The molecule has 0 aliphatic carbocycles. The molecule has 33 heavy (non-hydrogen) atoms. The van der Waals surface area contributed by atoms with Crippen molar-refractivity contribution in [1.29, 1.82) is 0 Å². The van der Waals surface area contributed by atoms with Gasteiger partial charge in [0.05, 0.1) is 19.0 Å². The van der Waals surface area contributed by atoms with E-state index in [0.29, 0.717) is 5.69 Å². The topological polar surface area (TPSA) is 237 Å². The van der Waals surface area contributed by atoms with Crippen LogP contribution in [0, 0.1) is 5.92 Å². The zero-order chi connectivity index (χ0) is 25.1. The van der Waals surface area contributed by atoms with Gasteiger partial charge in [0, 0.05) is 24.7 Å². The van der Waals surface area contributed by atoms with Crippen LogP contribution in [0.25, 0.3) is 0 Å². The zero-order valence-corrected chi connectivity index (χ0v) is 18.3. The molecule has 0 aliphatic rings. The van der Waals surface area contributed by atoms with E-state index < -0.39 is 66.4 Å². The summed E-state index contributed by atoms with van der Waals surface area (Å²) in [6.45, 7) is 2.43. The molecular formula is C19H30N6O8. The molecule has 0 radical (unpaired) electrons. The second-order valence-corrected chi connectivity index (χ2v) is 7.69. The summed E-state index contributed by atoms with van der Waals surface area (Å²) >= 11 is 0. The molecule has 1 aromatic rings. The van der Waals surface area contributed by atoms with Crippen LogP contribution in [-0.2, 0) is 30.4 Å². The maximum atomic E-state index is 12.9. The highest BCUT2D eigenvalue weighted by molar-refractivity contribution is 5.94. The van der Waals surface area contributed by atoms with E-state index in [2.05, 4.69) is 25.9 Å². The fourth-order valence-electron chi connectivity index (χ4n) is 2.75. The van der Waals surface area contributed by atoms with Crippen LogP contribution in [0.5, 0.6) is 0 Å².